The molecule has 0 aromatic heterocycles. The van der Waals surface area contributed by atoms with Crippen LogP contribution >= 0.6 is 0 Å². The van der Waals surface area contributed by atoms with Crippen molar-refractivity contribution in [3.05, 3.63) is 29.8 Å². The van der Waals surface area contributed by atoms with E-state index in [9.17, 15) is 4.79 Å². The standard InChI is InChI=1S/C8H11N3O/c9-5-6-2-1-3-7(4-6)11-8(10)12/h1-4H,5,9H2,(H3,10,11,12). The van der Waals surface area contributed by atoms with Gasteiger partial charge in [0.1, 0.15) is 0 Å². The van der Waals surface area contributed by atoms with Crippen LogP contribution in [0.2, 0.25) is 0 Å². The lowest BCUT2D eigenvalue weighted by Crippen LogP contribution is -2.19. The SMILES string of the molecule is NCc1cccc(NC(N)=O)c1. The van der Waals surface area contributed by atoms with E-state index in [0.717, 1.165) is 5.56 Å². The molecule has 0 unspecified atom stereocenters. The Balaban J connectivity index is 2.79. The number of rotatable bonds is 2. The van der Waals surface area contributed by atoms with Crippen LogP contribution < -0.4 is 16.8 Å². The highest BCUT2D eigenvalue weighted by Crippen LogP contribution is 2.09. The van der Waals surface area contributed by atoms with Crippen molar-refractivity contribution in [3.63, 3.8) is 0 Å². The number of benzene rings is 1. The van der Waals surface area contributed by atoms with E-state index in [0.29, 0.717) is 12.2 Å². The van der Waals surface area contributed by atoms with E-state index in [1.807, 2.05) is 12.1 Å². The van der Waals surface area contributed by atoms with E-state index in [2.05, 4.69) is 5.32 Å². The van der Waals surface area contributed by atoms with E-state index in [1.165, 1.54) is 0 Å². The van der Waals surface area contributed by atoms with Crippen LogP contribution in [0.3, 0.4) is 0 Å². The molecule has 5 N–H and O–H groups in total. The molecule has 4 heteroatoms. The third-order valence-corrected chi connectivity index (χ3v) is 1.43. The van der Waals surface area contributed by atoms with Gasteiger partial charge in [0, 0.05) is 12.2 Å². The first kappa shape index (κ1) is 8.55. The van der Waals surface area contributed by atoms with Crippen molar-refractivity contribution in [3.8, 4) is 0 Å². The predicted octanol–water partition coefficient (Wildman–Crippen LogP) is 0.636. The number of carbonyl (C=O) groups excluding carboxylic acids is 1. The summed E-state index contributed by atoms with van der Waals surface area (Å²) < 4.78 is 0. The number of carbonyl (C=O) groups is 1. The molecule has 0 aliphatic rings. The van der Waals surface area contributed by atoms with Crippen LogP contribution in [0.15, 0.2) is 24.3 Å². The molecular formula is C8H11N3O. The third-order valence-electron chi connectivity index (χ3n) is 1.43. The molecule has 1 aromatic rings. The molecule has 0 saturated carbocycles. The van der Waals surface area contributed by atoms with Crippen molar-refractivity contribution in [1.82, 2.24) is 0 Å². The topological polar surface area (TPSA) is 81.1 Å². The van der Waals surface area contributed by atoms with E-state index < -0.39 is 6.03 Å². The molecule has 0 aliphatic carbocycles. The molecule has 0 aliphatic heterocycles. The molecule has 4 nitrogen and oxygen atoms in total. The van der Waals surface area contributed by atoms with Crippen LogP contribution in [0.4, 0.5) is 10.5 Å². The minimum atomic E-state index is -0.566. The zero-order valence-corrected chi connectivity index (χ0v) is 6.58. The molecule has 0 bridgehead atoms. The van der Waals surface area contributed by atoms with E-state index in [1.54, 1.807) is 12.1 Å². The number of nitrogens with two attached hydrogens (primary N) is 2. The van der Waals surface area contributed by atoms with Crippen LogP contribution in [-0.2, 0) is 6.54 Å². The van der Waals surface area contributed by atoms with E-state index >= 15 is 0 Å². The lowest BCUT2D eigenvalue weighted by molar-refractivity contribution is 0.259. The summed E-state index contributed by atoms with van der Waals surface area (Å²) in [5.41, 5.74) is 12.0. The molecule has 1 aromatic carbocycles. The number of urea groups is 1. The Kier molecular flexibility index (Phi) is 2.66. The van der Waals surface area contributed by atoms with Crippen molar-refractivity contribution in [2.75, 3.05) is 5.32 Å². The van der Waals surface area contributed by atoms with Crippen molar-refractivity contribution < 1.29 is 4.79 Å². The Hall–Kier alpha value is -1.55. The summed E-state index contributed by atoms with van der Waals surface area (Å²) in [6.45, 7) is 0.453. The second kappa shape index (κ2) is 3.73. The monoisotopic (exact) mass is 165 g/mol. The Morgan fingerprint density at radius 3 is 2.83 bits per heavy atom. The number of anilines is 1. The third kappa shape index (κ3) is 2.25. The van der Waals surface area contributed by atoms with Gasteiger partial charge in [0.2, 0.25) is 0 Å². The van der Waals surface area contributed by atoms with Gasteiger partial charge in [-0.25, -0.2) is 4.79 Å². The average molecular weight is 165 g/mol. The molecule has 0 spiro atoms. The molecule has 12 heavy (non-hydrogen) atoms. The maximum Gasteiger partial charge on any atom is 0.316 e. The van der Waals surface area contributed by atoms with Crippen molar-refractivity contribution in [2.24, 2.45) is 11.5 Å². The molecule has 64 valence electrons. The fourth-order valence-corrected chi connectivity index (χ4v) is 0.918. The summed E-state index contributed by atoms with van der Waals surface area (Å²) in [7, 11) is 0. The van der Waals surface area contributed by atoms with Gasteiger partial charge in [-0.05, 0) is 17.7 Å². The molecule has 0 saturated heterocycles. The molecule has 2 amide bonds. The van der Waals surface area contributed by atoms with E-state index in [4.69, 9.17) is 11.5 Å². The fraction of sp³-hybridized carbons (Fsp3) is 0.125. The van der Waals surface area contributed by atoms with Crippen LogP contribution in [0.5, 0.6) is 0 Å². The molecule has 0 atom stereocenters. The summed E-state index contributed by atoms with van der Waals surface area (Å²) in [6, 6.07) is 6.66. The second-order valence-corrected chi connectivity index (χ2v) is 2.39. The first-order valence-corrected chi connectivity index (χ1v) is 3.58. The van der Waals surface area contributed by atoms with Gasteiger partial charge in [-0.15, -0.1) is 0 Å². The fourth-order valence-electron chi connectivity index (χ4n) is 0.918. The minimum Gasteiger partial charge on any atom is -0.351 e. The quantitative estimate of drug-likeness (QED) is 0.601. The highest BCUT2D eigenvalue weighted by molar-refractivity contribution is 5.87. The van der Waals surface area contributed by atoms with Gasteiger partial charge in [0.05, 0.1) is 0 Å². The Bertz CT molecular complexity index is 285. The average Bonchev–Trinajstić information content (AvgIpc) is 2.03. The number of nitrogens with one attached hydrogen (secondary N) is 1. The highest BCUT2D eigenvalue weighted by Gasteiger charge is 1.95. The summed E-state index contributed by atoms with van der Waals surface area (Å²) >= 11 is 0. The molecule has 0 heterocycles. The van der Waals surface area contributed by atoms with Gasteiger partial charge in [0.15, 0.2) is 0 Å². The van der Waals surface area contributed by atoms with Crippen LogP contribution in [0.1, 0.15) is 5.56 Å². The Labute approximate surface area is 70.6 Å². The maximum atomic E-state index is 10.4. The Morgan fingerprint density at radius 1 is 1.50 bits per heavy atom. The summed E-state index contributed by atoms with van der Waals surface area (Å²) in [6.07, 6.45) is 0. The number of primary amides is 1. The smallest absolute Gasteiger partial charge is 0.316 e. The molecule has 0 radical (unpaired) electrons. The minimum absolute atomic E-state index is 0.453. The van der Waals surface area contributed by atoms with Gasteiger partial charge in [0.25, 0.3) is 0 Å². The predicted molar refractivity (Wildman–Crippen MR) is 47.5 cm³/mol. The van der Waals surface area contributed by atoms with Gasteiger partial charge in [-0.1, -0.05) is 12.1 Å². The first-order chi connectivity index (χ1) is 5.72. The van der Waals surface area contributed by atoms with Crippen molar-refractivity contribution >= 4 is 11.7 Å². The number of amides is 2. The normalized spacial score (nSPS) is 9.42. The molecular weight excluding hydrogens is 154 g/mol. The molecule has 1 rings (SSSR count). The van der Waals surface area contributed by atoms with Crippen LogP contribution in [0, 0.1) is 0 Å². The summed E-state index contributed by atoms with van der Waals surface area (Å²) in [5, 5.41) is 2.46. The largest absolute Gasteiger partial charge is 0.351 e. The number of hydrogen-bond acceptors (Lipinski definition) is 2. The molecule has 0 fully saturated rings. The van der Waals surface area contributed by atoms with Crippen LogP contribution in [-0.4, -0.2) is 6.03 Å². The second-order valence-electron chi connectivity index (χ2n) is 2.39. The lowest BCUT2D eigenvalue weighted by Gasteiger charge is -2.02. The van der Waals surface area contributed by atoms with Gasteiger partial charge in [-0.3, -0.25) is 0 Å². The van der Waals surface area contributed by atoms with Crippen LogP contribution in [0.25, 0.3) is 0 Å². The van der Waals surface area contributed by atoms with Gasteiger partial charge in [-0.2, -0.15) is 0 Å². The van der Waals surface area contributed by atoms with Gasteiger partial charge >= 0.3 is 6.03 Å². The number of hydrogen-bond donors (Lipinski definition) is 3. The first-order valence-electron chi connectivity index (χ1n) is 3.58. The van der Waals surface area contributed by atoms with E-state index in [-0.39, 0.29) is 0 Å². The van der Waals surface area contributed by atoms with Gasteiger partial charge < -0.3 is 16.8 Å². The van der Waals surface area contributed by atoms with Crippen molar-refractivity contribution in [2.45, 2.75) is 6.54 Å². The Morgan fingerprint density at radius 2 is 2.25 bits per heavy atom. The zero-order chi connectivity index (χ0) is 8.97. The zero-order valence-electron chi connectivity index (χ0n) is 6.58. The lowest BCUT2D eigenvalue weighted by atomic mass is 10.2. The van der Waals surface area contributed by atoms with Crippen molar-refractivity contribution in [1.29, 1.82) is 0 Å². The summed E-state index contributed by atoms with van der Waals surface area (Å²) in [5.74, 6) is 0. The maximum absolute atomic E-state index is 10.4. The highest BCUT2D eigenvalue weighted by atomic mass is 16.2. The summed E-state index contributed by atoms with van der Waals surface area (Å²) in [4.78, 5) is 10.4.